The highest BCUT2D eigenvalue weighted by Crippen LogP contribution is 2.57. The molecule has 0 aromatic heterocycles. The second kappa shape index (κ2) is 6.23. The molecule has 1 unspecified atom stereocenters. The summed E-state index contributed by atoms with van der Waals surface area (Å²) in [5, 5.41) is 11.6. The lowest BCUT2D eigenvalue weighted by atomic mass is 9.75. The van der Waals surface area contributed by atoms with Gasteiger partial charge in [0.2, 0.25) is 0 Å². The van der Waals surface area contributed by atoms with Crippen LogP contribution >= 0.6 is 24.8 Å². The standard InChI is InChI=1S/C22H16N2O3S2/c1-12-6-8-16-18(10-12)27-19-11-13(25)7-9-17(19)22(16)15-5-3-2-4-14(15)20(26)24(22)23-21(28)29/h2-11,25H,1H3,(H2,23,28,29). The first-order valence-corrected chi connectivity index (χ1v) is 9.84. The third-order valence-corrected chi connectivity index (χ3v) is 5.59. The number of thiol groups is 1. The van der Waals surface area contributed by atoms with E-state index < -0.39 is 5.54 Å². The summed E-state index contributed by atoms with van der Waals surface area (Å²) in [7, 11) is 0. The van der Waals surface area contributed by atoms with Crippen molar-refractivity contribution in [3.05, 3.63) is 88.5 Å². The molecule has 7 heteroatoms. The number of benzene rings is 3. The second-order valence-corrected chi connectivity index (χ2v) is 8.25. The van der Waals surface area contributed by atoms with Gasteiger partial charge in [-0.2, -0.15) is 0 Å². The number of carbonyl (C=O) groups excluding carboxylic acids is 1. The number of hydrogen-bond donors (Lipinski definition) is 3. The number of nitrogens with zero attached hydrogens (tertiary/aromatic N) is 1. The Morgan fingerprint density at radius 3 is 2.52 bits per heavy atom. The van der Waals surface area contributed by atoms with E-state index in [1.165, 1.54) is 5.01 Å². The van der Waals surface area contributed by atoms with Crippen molar-refractivity contribution in [2.75, 3.05) is 0 Å². The molecule has 144 valence electrons. The van der Waals surface area contributed by atoms with Crippen molar-refractivity contribution in [1.82, 2.24) is 10.4 Å². The topological polar surface area (TPSA) is 61.8 Å². The lowest BCUT2D eigenvalue weighted by Crippen LogP contribution is -2.54. The second-order valence-electron chi connectivity index (χ2n) is 7.10. The predicted octanol–water partition coefficient (Wildman–Crippen LogP) is 4.27. The molecule has 2 heterocycles. The van der Waals surface area contributed by atoms with Crippen LogP contribution in [-0.4, -0.2) is 20.3 Å². The highest BCUT2D eigenvalue weighted by molar-refractivity contribution is 8.11. The van der Waals surface area contributed by atoms with Crippen LogP contribution in [0, 0.1) is 6.92 Å². The molecule has 0 bridgehead atoms. The SMILES string of the molecule is Cc1ccc2c(c1)Oc1cc(O)ccc1C21c2ccccc2C(=O)N1NC(=S)S. The maximum absolute atomic E-state index is 13.4. The Balaban J connectivity index is 1.94. The van der Waals surface area contributed by atoms with Crippen LogP contribution in [0.15, 0.2) is 60.7 Å². The quantitative estimate of drug-likeness (QED) is 0.405. The first-order valence-electron chi connectivity index (χ1n) is 8.99. The zero-order valence-corrected chi connectivity index (χ0v) is 17.1. The number of fused-ring (bicyclic) bond motifs is 6. The smallest absolute Gasteiger partial charge is 0.274 e. The van der Waals surface area contributed by atoms with E-state index in [2.05, 4.69) is 18.1 Å². The number of thiocarbonyl (C=S) groups is 1. The summed E-state index contributed by atoms with van der Waals surface area (Å²) in [6, 6.07) is 18.3. The largest absolute Gasteiger partial charge is 0.508 e. The molecule has 1 spiro atoms. The molecule has 2 aliphatic rings. The van der Waals surface area contributed by atoms with Gasteiger partial charge in [-0.25, -0.2) is 5.01 Å². The minimum absolute atomic E-state index is 0.0804. The average Bonchev–Trinajstić information content (AvgIpc) is 2.91. The van der Waals surface area contributed by atoms with Gasteiger partial charge in [-0.3, -0.25) is 10.2 Å². The van der Waals surface area contributed by atoms with E-state index in [1.54, 1.807) is 24.3 Å². The molecule has 1 atom stereocenters. The number of amides is 1. The molecular formula is C22H16N2O3S2. The van der Waals surface area contributed by atoms with Crippen molar-refractivity contribution >= 4 is 35.1 Å². The molecule has 3 aromatic carbocycles. The molecule has 3 aromatic rings. The van der Waals surface area contributed by atoms with Crippen molar-refractivity contribution in [1.29, 1.82) is 0 Å². The fourth-order valence-corrected chi connectivity index (χ4v) is 4.50. The van der Waals surface area contributed by atoms with Gasteiger partial charge in [-0.15, -0.1) is 12.6 Å². The van der Waals surface area contributed by atoms with Crippen LogP contribution < -0.4 is 10.2 Å². The van der Waals surface area contributed by atoms with Crippen molar-refractivity contribution in [3.63, 3.8) is 0 Å². The molecule has 1 amide bonds. The summed E-state index contributed by atoms with van der Waals surface area (Å²) in [6.45, 7) is 1.97. The molecule has 5 nitrogen and oxygen atoms in total. The first-order chi connectivity index (χ1) is 13.9. The number of nitrogens with one attached hydrogen (secondary N) is 1. The lowest BCUT2D eigenvalue weighted by molar-refractivity contribution is 0.0598. The number of phenols is 1. The number of hydrazine groups is 1. The number of phenolic OH excluding ortho intramolecular Hbond substituents is 1. The van der Waals surface area contributed by atoms with E-state index in [9.17, 15) is 9.90 Å². The van der Waals surface area contributed by atoms with E-state index in [4.69, 9.17) is 17.0 Å². The van der Waals surface area contributed by atoms with Crippen molar-refractivity contribution in [3.8, 4) is 17.2 Å². The third kappa shape index (κ3) is 2.41. The number of rotatable bonds is 1. The van der Waals surface area contributed by atoms with Crippen molar-refractivity contribution < 1.29 is 14.6 Å². The molecule has 0 aliphatic carbocycles. The molecular weight excluding hydrogens is 404 g/mol. The van der Waals surface area contributed by atoms with Gasteiger partial charge in [0.05, 0.1) is 0 Å². The molecule has 0 saturated carbocycles. The molecule has 2 N–H and O–H groups in total. The fourth-order valence-electron chi connectivity index (χ4n) is 4.31. The van der Waals surface area contributed by atoms with Gasteiger partial charge in [0.15, 0.2) is 0 Å². The first kappa shape index (κ1) is 18.0. The van der Waals surface area contributed by atoms with E-state index in [0.29, 0.717) is 17.1 Å². The molecule has 0 saturated heterocycles. The normalized spacial score (nSPS) is 18.7. The maximum Gasteiger partial charge on any atom is 0.274 e. The Morgan fingerprint density at radius 1 is 1.07 bits per heavy atom. The van der Waals surface area contributed by atoms with Crippen LogP contribution in [0.4, 0.5) is 0 Å². The van der Waals surface area contributed by atoms with Crippen LogP contribution in [0.25, 0.3) is 0 Å². The molecule has 2 aliphatic heterocycles. The van der Waals surface area contributed by atoms with Crippen LogP contribution in [0.1, 0.15) is 32.6 Å². The van der Waals surface area contributed by atoms with Crippen molar-refractivity contribution in [2.24, 2.45) is 0 Å². The van der Waals surface area contributed by atoms with Gasteiger partial charge < -0.3 is 9.84 Å². The van der Waals surface area contributed by atoms with E-state index in [0.717, 1.165) is 22.3 Å². The van der Waals surface area contributed by atoms with Crippen LogP contribution in [0.5, 0.6) is 17.2 Å². The minimum atomic E-state index is -1.02. The molecule has 0 fully saturated rings. The molecule has 5 rings (SSSR count). The maximum atomic E-state index is 13.4. The Bertz CT molecular complexity index is 1160. The highest BCUT2D eigenvalue weighted by atomic mass is 32.1. The highest BCUT2D eigenvalue weighted by Gasteiger charge is 2.57. The van der Waals surface area contributed by atoms with Gasteiger partial charge in [-0.1, -0.05) is 42.5 Å². The van der Waals surface area contributed by atoms with Crippen LogP contribution in [0.3, 0.4) is 0 Å². The number of carbonyl (C=O) groups is 1. The van der Waals surface area contributed by atoms with Crippen molar-refractivity contribution in [2.45, 2.75) is 12.5 Å². The number of ether oxygens (including phenoxy) is 1. The minimum Gasteiger partial charge on any atom is -0.508 e. The zero-order chi connectivity index (χ0) is 20.3. The van der Waals surface area contributed by atoms with Crippen LogP contribution in [0.2, 0.25) is 0 Å². The summed E-state index contributed by atoms with van der Waals surface area (Å²) in [6.07, 6.45) is 0. The summed E-state index contributed by atoms with van der Waals surface area (Å²) < 4.78 is 6.32. The lowest BCUT2D eigenvalue weighted by Gasteiger charge is -2.43. The van der Waals surface area contributed by atoms with Gasteiger partial charge in [0.25, 0.3) is 5.91 Å². The van der Waals surface area contributed by atoms with Gasteiger partial charge in [-0.05, 0) is 36.8 Å². The Morgan fingerprint density at radius 2 is 1.76 bits per heavy atom. The van der Waals surface area contributed by atoms with E-state index >= 15 is 0 Å². The summed E-state index contributed by atoms with van der Waals surface area (Å²) >= 11 is 9.40. The fraction of sp³-hybridized carbons (Fsp3) is 0.0909. The van der Waals surface area contributed by atoms with E-state index in [-0.39, 0.29) is 16.0 Å². The predicted molar refractivity (Wildman–Crippen MR) is 117 cm³/mol. The van der Waals surface area contributed by atoms with E-state index in [1.807, 2.05) is 43.3 Å². The zero-order valence-electron chi connectivity index (χ0n) is 15.3. The monoisotopic (exact) mass is 420 g/mol. The average molecular weight is 421 g/mol. The Kier molecular flexibility index (Phi) is 3.88. The van der Waals surface area contributed by atoms with Gasteiger partial charge in [0, 0.05) is 28.3 Å². The Labute approximate surface area is 178 Å². The number of aryl methyl sites for hydroxylation is 1. The number of hydrogen-bond acceptors (Lipinski definition) is 4. The Hall–Kier alpha value is -3.03. The molecule has 29 heavy (non-hydrogen) atoms. The van der Waals surface area contributed by atoms with Crippen LogP contribution in [-0.2, 0) is 5.54 Å². The third-order valence-electron chi connectivity index (χ3n) is 5.40. The summed E-state index contributed by atoms with van der Waals surface area (Å²) in [5.41, 5.74) is 5.87. The summed E-state index contributed by atoms with van der Waals surface area (Å²) in [5.74, 6) is 0.954. The summed E-state index contributed by atoms with van der Waals surface area (Å²) in [4.78, 5) is 13.4. The van der Waals surface area contributed by atoms with Gasteiger partial charge >= 0.3 is 0 Å². The van der Waals surface area contributed by atoms with Gasteiger partial charge in [0.1, 0.15) is 27.1 Å². The molecule has 0 radical (unpaired) electrons. The number of aromatic hydroxyl groups is 1.